The van der Waals surface area contributed by atoms with Gasteiger partial charge in [-0.1, -0.05) is 12.1 Å². The van der Waals surface area contributed by atoms with Gasteiger partial charge in [0.2, 0.25) is 5.75 Å². The number of para-hydroxylation sites is 2. The summed E-state index contributed by atoms with van der Waals surface area (Å²) in [5, 5.41) is 0. The van der Waals surface area contributed by atoms with Crippen molar-refractivity contribution in [2.24, 2.45) is 0 Å². The van der Waals surface area contributed by atoms with Crippen LogP contribution in [0.5, 0.6) is 11.5 Å². The minimum Gasteiger partial charge on any atom is -0.493 e. The molecule has 0 saturated carbocycles. The molecule has 0 aromatic heterocycles. The summed E-state index contributed by atoms with van der Waals surface area (Å²) in [6.07, 6.45) is 0. The average molecular weight is 182 g/mol. The van der Waals surface area contributed by atoms with Crippen LogP contribution in [-0.4, -0.2) is 13.1 Å². The first-order valence-electron chi connectivity index (χ1n) is 3.72. The lowest BCUT2D eigenvalue weighted by molar-refractivity contribution is -0.211. The topological polar surface area (TPSA) is 44.8 Å². The van der Waals surface area contributed by atoms with E-state index in [4.69, 9.17) is 9.62 Å². The van der Waals surface area contributed by atoms with Crippen LogP contribution >= 0.6 is 0 Å². The van der Waals surface area contributed by atoms with E-state index in [0.29, 0.717) is 11.5 Å². The monoisotopic (exact) mass is 182 g/mol. The number of carbonyl (C=O) groups excluding carboxylic acids is 1. The first kappa shape index (κ1) is 9.38. The SMILES string of the molecule is COc1ccccc1OOC(C)=O. The predicted octanol–water partition coefficient (Wildman–Crippen LogP) is 1.55. The van der Waals surface area contributed by atoms with E-state index in [1.165, 1.54) is 14.0 Å². The van der Waals surface area contributed by atoms with Crippen LogP contribution in [0, 0.1) is 0 Å². The Labute approximate surface area is 76.0 Å². The van der Waals surface area contributed by atoms with Gasteiger partial charge in [-0.25, -0.2) is 4.79 Å². The number of benzene rings is 1. The van der Waals surface area contributed by atoms with Crippen LogP contribution in [0.2, 0.25) is 0 Å². The fourth-order valence-electron chi connectivity index (χ4n) is 0.791. The van der Waals surface area contributed by atoms with Crippen molar-refractivity contribution in [3.8, 4) is 11.5 Å². The van der Waals surface area contributed by atoms with E-state index >= 15 is 0 Å². The van der Waals surface area contributed by atoms with Crippen molar-refractivity contribution in [3.05, 3.63) is 24.3 Å². The number of carbonyl (C=O) groups is 1. The smallest absolute Gasteiger partial charge is 0.352 e. The van der Waals surface area contributed by atoms with E-state index in [2.05, 4.69) is 4.89 Å². The molecule has 1 aromatic carbocycles. The summed E-state index contributed by atoms with van der Waals surface area (Å²) in [5.41, 5.74) is 0. The zero-order valence-electron chi connectivity index (χ0n) is 7.44. The van der Waals surface area contributed by atoms with Gasteiger partial charge in [0, 0.05) is 6.92 Å². The number of hydrogen-bond donors (Lipinski definition) is 0. The van der Waals surface area contributed by atoms with Crippen molar-refractivity contribution < 1.29 is 19.3 Å². The quantitative estimate of drug-likeness (QED) is 0.525. The lowest BCUT2D eigenvalue weighted by Gasteiger charge is -2.06. The highest BCUT2D eigenvalue weighted by Crippen LogP contribution is 2.25. The Morgan fingerprint density at radius 1 is 1.23 bits per heavy atom. The summed E-state index contributed by atoms with van der Waals surface area (Å²) in [6.45, 7) is 1.26. The number of rotatable bonds is 3. The molecule has 0 spiro atoms. The normalized spacial score (nSPS) is 9.08. The van der Waals surface area contributed by atoms with Gasteiger partial charge in [0.25, 0.3) is 0 Å². The van der Waals surface area contributed by atoms with Gasteiger partial charge in [-0.05, 0) is 12.1 Å². The van der Waals surface area contributed by atoms with Crippen LogP contribution in [0.15, 0.2) is 24.3 Å². The van der Waals surface area contributed by atoms with Gasteiger partial charge in [-0.15, -0.1) is 0 Å². The largest absolute Gasteiger partial charge is 0.493 e. The molecule has 0 atom stereocenters. The van der Waals surface area contributed by atoms with E-state index < -0.39 is 5.97 Å². The maximum atomic E-state index is 10.4. The van der Waals surface area contributed by atoms with Crippen molar-refractivity contribution in [2.45, 2.75) is 6.92 Å². The number of methoxy groups -OCH3 is 1. The Bertz CT molecular complexity index is 295. The third-order valence-corrected chi connectivity index (χ3v) is 1.32. The fraction of sp³-hybridized carbons (Fsp3) is 0.222. The maximum Gasteiger partial charge on any atom is 0.352 e. The predicted molar refractivity (Wildman–Crippen MR) is 45.4 cm³/mol. The molecule has 1 aromatic rings. The molecule has 70 valence electrons. The molecular weight excluding hydrogens is 172 g/mol. The molecule has 0 aliphatic carbocycles. The third-order valence-electron chi connectivity index (χ3n) is 1.32. The molecule has 0 bridgehead atoms. The highest BCUT2D eigenvalue weighted by atomic mass is 17.2. The van der Waals surface area contributed by atoms with E-state index in [-0.39, 0.29) is 0 Å². The van der Waals surface area contributed by atoms with E-state index in [0.717, 1.165) is 0 Å². The Hall–Kier alpha value is -1.71. The lowest BCUT2D eigenvalue weighted by atomic mass is 10.3. The van der Waals surface area contributed by atoms with E-state index in [1.54, 1.807) is 24.3 Å². The summed E-state index contributed by atoms with van der Waals surface area (Å²) in [7, 11) is 1.51. The second-order valence-corrected chi connectivity index (χ2v) is 2.31. The highest BCUT2D eigenvalue weighted by Gasteiger charge is 2.04. The molecule has 0 heterocycles. The van der Waals surface area contributed by atoms with Crippen molar-refractivity contribution >= 4 is 5.97 Å². The summed E-state index contributed by atoms with van der Waals surface area (Å²) in [4.78, 5) is 19.5. The fourth-order valence-corrected chi connectivity index (χ4v) is 0.791. The summed E-state index contributed by atoms with van der Waals surface area (Å²) < 4.78 is 4.96. The minimum absolute atomic E-state index is 0.375. The molecule has 0 radical (unpaired) electrons. The Morgan fingerprint density at radius 3 is 2.38 bits per heavy atom. The average Bonchev–Trinajstić information content (AvgIpc) is 2.15. The number of hydrogen-bond acceptors (Lipinski definition) is 4. The van der Waals surface area contributed by atoms with Crippen LogP contribution in [0.4, 0.5) is 0 Å². The van der Waals surface area contributed by atoms with E-state index in [1.807, 2.05) is 0 Å². The number of ether oxygens (including phenoxy) is 1. The van der Waals surface area contributed by atoms with Gasteiger partial charge in [0.15, 0.2) is 5.75 Å². The molecule has 0 saturated heterocycles. The van der Waals surface area contributed by atoms with Crippen molar-refractivity contribution in [3.63, 3.8) is 0 Å². The molecule has 0 N–H and O–H groups in total. The Morgan fingerprint density at radius 2 is 1.85 bits per heavy atom. The molecule has 0 aliphatic heterocycles. The molecule has 4 nitrogen and oxygen atoms in total. The molecule has 1 rings (SSSR count). The molecule has 4 heteroatoms. The van der Waals surface area contributed by atoms with Crippen LogP contribution < -0.4 is 9.62 Å². The van der Waals surface area contributed by atoms with Gasteiger partial charge in [-0.3, -0.25) is 9.78 Å². The van der Waals surface area contributed by atoms with Crippen LogP contribution in [0.25, 0.3) is 0 Å². The second-order valence-electron chi connectivity index (χ2n) is 2.31. The standard InChI is InChI=1S/C9H10O4/c1-7(10)12-13-9-6-4-3-5-8(9)11-2/h3-6H,1-2H3. The van der Waals surface area contributed by atoms with Gasteiger partial charge >= 0.3 is 5.97 Å². The van der Waals surface area contributed by atoms with Crippen LogP contribution in [0.3, 0.4) is 0 Å². The molecule has 0 amide bonds. The lowest BCUT2D eigenvalue weighted by Crippen LogP contribution is -2.03. The molecule has 13 heavy (non-hydrogen) atoms. The second kappa shape index (κ2) is 4.35. The van der Waals surface area contributed by atoms with Crippen molar-refractivity contribution in [1.82, 2.24) is 0 Å². The molecule has 0 aliphatic rings. The minimum atomic E-state index is -0.508. The van der Waals surface area contributed by atoms with Gasteiger partial charge < -0.3 is 4.74 Å². The van der Waals surface area contributed by atoms with Crippen molar-refractivity contribution in [1.29, 1.82) is 0 Å². The third kappa shape index (κ3) is 2.66. The first-order valence-corrected chi connectivity index (χ1v) is 3.72. The Balaban J connectivity index is 2.69. The van der Waals surface area contributed by atoms with E-state index in [9.17, 15) is 4.79 Å². The summed E-state index contributed by atoms with van der Waals surface area (Å²) in [6, 6.07) is 6.89. The van der Waals surface area contributed by atoms with Gasteiger partial charge in [0.1, 0.15) is 0 Å². The molecule has 0 fully saturated rings. The van der Waals surface area contributed by atoms with Crippen LogP contribution in [-0.2, 0) is 9.68 Å². The maximum absolute atomic E-state index is 10.4. The first-order chi connectivity index (χ1) is 6.24. The zero-order valence-corrected chi connectivity index (χ0v) is 7.44. The molecular formula is C9H10O4. The van der Waals surface area contributed by atoms with Gasteiger partial charge in [0.05, 0.1) is 7.11 Å². The highest BCUT2D eigenvalue weighted by molar-refractivity contribution is 5.65. The van der Waals surface area contributed by atoms with Gasteiger partial charge in [-0.2, -0.15) is 0 Å². The Kier molecular flexibility index (Phi) is 3.14. The zero-order chi connectivity index (χ0) is 9.68. The summed E-state index contributed by atoms with van der Waals surface area (Å²) in [5.74, 6) is 0.384. The molecule has 0 unspecified atom stereocenters. The summed E-state index contributed by atoms with van der Waals surface area (Å²) >= 11 is 0. The van der Waals surface area contributed by atoms with Crippen LogP contribution in [0.1, 0.15) is 6.92 Å². The van der Waals surface area contributed by atoms with Crippen molar-refractivity contribution in [2.75, 3.05) is 7.11 Å².